The van der Waals surface area contributed by atoms with Crippen molar-refractivity contribution in [3.8, 4) is 0 Å². The monoisotopic (exact) mass is 344 g/mol. The Bertz CT molecular complexity index is 419. The average molecular weight is 344 g/mol. The molecule has 2 N–H and O–H groups in total. The van der Waals surface area contributed by atoms with Crippen molar-refractivity contribution in [3.63, 3.8) is 0 Å². The van der Waals surface area contributed by atoms with Crippen LogP contribution in [0.4, 0.5) is 0 Å². The number of carbonyl (C=O) groups excluding carboxylic acids is 4. The number of nitrogens with one attached hydrogen (secondary N) is 2. The highest BCUT2D eigenvalue weighted by Crippen LogP contribution is 2.06. The standard InChI is InChI=1S/C16H28N2O6/c1-9(2)13(15(21)23-5)17-11(19)7-8-12(20)18-14(10(3)4)16(22)24-6/h9-10,13-14H,7-8H2,1-6H3,(H,17,19)(H,18,20)/t13-,14-/m0/s1. The first kappa shape index (κ1) is 21.9. The molecule has 0 aromatic heterocycles. The lowest BCUT2D eigenvalue weighted by Crippen LogP contribution is -2.46. The summed E-state index contributed by atoms with van der Waals surface area (Å²) in [5.74, 6) is -2.22. The van der Waals surface area contributed by atoms with Gasteiger partial charge < -0.3 is 20.1 Å². The lowest BCUT2D eigenvalue weighted by Gasteiger charge is -2.21. The number of esters is 2. The van der Waals surface area contributed by atoms with Crippen LogP contribution in [0, 0.1) is 11.8 Å². The van der Waals surface area contributed by atoms with Gasteiger partial charge in [0.25, 0.3) is 0 Å². The molecule has 0 aliphatic heterocycles. The fourth-order valence-corrected chi connectivity index (χ4v) is 1.97. The van der Waals surface area contributed by atoms with Crippen molar-refractivity contribution >= 4 is 23.8 Å². The van der Waals surface area contributed by atoms with Crippen LogP contribution in [0.2, 0.25) is 0 Å². The SMILES string of the molecule is COC(=O)[C@@H](NC(=O)CCC(=O)N[C@H](C(=O)OC)C(C)C)C(C)C. The van der Waals surface area contributed by atoms with Crippen molar-refractivity contribution in [2.75, 3.05) is 14.2 Å². The maximum Gasteiger partial charge on any atom is 0.328 e. The lowest BCUT2D eigenvalue weighted by atomic mass is 10.0. The number of hydrogen-bond donors (Lipinski definition) is 2. The van der Waals surface area contributed by atoms with Gasteiger partial charge in [0.1, 0.15) is 12.1 Å². The van der Waals surface area contributed by atoms with E-state index in [9.17, 15) is 19.2 Å². The smallest absolute Gasteiger partial charge is 0.328 e. The van der Waals surface area contributed by atoms with E-state index >= 15 is 0 Å². The molecule has 8 nitrogen and oxygen atoms in total. The predicted molar refractivity (Wildman–Crippen MR) is 86.8 cm³/mol. The van der Waals surface area contributed by atoms with E-state index in [-0.39, 0.29) is 24.7 Å². The third-order valence-corrected chi connectivity index (χ3v) is 3.46. The summed E-state index contributed by atoms with van der Waals surface area (Å²) in [5.41, 5.74) is 0. The lowest BCUT2D eigenvalue weighted by molar-refractivity contribution is -0.147. The van der Waals surface area contributed by atoms with Gasteiger partial charge in [0.15, 0.2) is 0 Å². The maximum atomic E-state index is 11.9. The summed E-state index contributed by atoms with van der Waals surface area (Å²) in [4.78, 5) is 47.0. The Morgan fingerprint density at radius 1 is 0.708 bits per heavy atom. The molecule has 0 heterocycles. The number of ether oxygens (including phenoxy) is 2. The Labute approximate surface area is 142 Å². The molecule has 0 aliphatic carbocycles. The number of rotatable bonds is 9. The van der Waals surface area contributed by atoms with Crippen molar-refractivity contribution in [2.24, 2.45) is 11.8 Å². The fourth-order valence-electron chi connectivity index (χ4n) is 1.97. The van der Waals surface area contributed by atoms with Crippen LogP contribution in [0.15, 0.2) is 0 Å². The van der Waals surface area contributed by atoms with Crippen molar-refractivity contribution in [1.82, 2.24) is 10.6 Å². The Hall–Kier alpha value is -2.12. The van der Waals surface area contributed by atoms with Crippen LogP contribution in [-0.4, -0.2) is 50.1 Å². The molecule has 0 saturated carbocycles. The Morgan fingerprint density at radius 3 is 1.21 bits per heavy atom. The van der Waals surface area contributed by atoms with E-state index in [0.29, 0.717) is 0 Å². The predicted octanol–water partition coefficient (Wildman–Crippen LogP) is 0.394. The van der Waals surface area contributed by atoms with Crippen molar-refractivity contribution in [1.29, 1.82) is 0 Å². The van der Waals surface area contributed by atoms with E-state index in [4.69, 9.17) is 0 Å². The number of carbonyl (C=O) groups is 4. The second-order valence-corrected chi connectivity index (χ2v) is 6.12. The van der Waals surface area contributed by atoms with Gasteiger partial charge in [-0.3, -0.25) is 9.59 Å². The van der Waals surface area contributed by atoms with Crippen LogP contribution in [0.1, 0.15) is 40.5 Å². The van der Waals surface area contributed by atoms with Gasteiger partial charge in [-0.2, -0.15) is 0 Å². The molecule has 0 unspecified atom stereocenters. The van der Waals surface area contributed by atoms with Crippen LogP contribution in [-0.2, 0) is 28.7 Å². The molecular formula is C16H28N2O6. The van der Waals surface area contributed by atoms with Crippen LogP contribution in [0.5, 0.6) is 0 Å². The van der Waals surface area contributed by atoms with Gasteiger partial charge in [0.2, 0.25) is 11.8 Å². The molecular weight excluding hydrogens is 316 g/mol. The molecule has 0 aromatic rings. The Kier molecular flexibility index (Phi) is 9.68. The van der Waals surface area contributed by atoms with Gasteiger partial charge in [0, 0.05) is 12.8 Å². The van der Waals surface area contributed by atoms with Gasteiger partial charge >= 0.3 is 11.9 Å². The first-order valence-corrected chi connectivity index (χ1v) is 7.88. The van der Waals surface area contributed by atoms with Crippen molar-refractivity contribution in [3.05, 3.63) is 0 Å². The summed E-state index contributed by atoms with van der Waals surface area (Å²) in [5, 5.41) is 5.09. The summed E-state index contributed by atoms with van der Waals surface area (Å²) in [6.45, 7) is 7.10. The second-order valence-electron chi connectivity index (χ2n) is 6.12. The summed E-state index contributed by atoms with van der Waals surface area (Å²) in [6.07, 6.45) is -0.198. The summed E-state index contributed by atoms with van der Waals surface area (Å²) in [7, 11) is 2.49. The molecule has 0 aromatic carbocycles. The molecule has 24 heavy (non-hydrogen) atoms. The first-order valence-electron chi connectivity index (χ1n) is 7.88. The van der Waals surface area contributed by atoms with E-state index in [1.807, 2.05) is 0 Å². The Balaban J connectivity index is 4.51. The minimum atomic E-state index is -0.760. The zero-order valence-electron chi connectivity index (χ0n) is 15.2. The van der Waals surface area contributed by atoms with Crippen molar-refractivity contribution < 1.29 is 28.7 Å². The van der Waals surface area contributed by atoms with Gasteiger partial charge in [-0.05, 0) is 11.8 Å². The molecule has 2 atom stereocenters. The number of methoxy groups -OCH3 is 2. The second kappa shape index (κ2) is 10.6. The molecule has 0 rings (SSSR count). The van der Waals surface area contributed by atoms with Crippen molar-refractivity contribution in [2.45, 2.75) is 52.6 Å². The van der Waals surface area contributed by atoms with Gasteiger partial charge in [-0.15, -0.1) is 0 Å². The maximum absolute atomic E-state index is 11.9. The third kappa shape index (κ3) is 7.43. The number of amides is 2. The highest BCUT2D eigenvalue weighted by atomic mass is 16.5. The van der Waals surface area contributed by atoms with Crippen LogP contribution < -0.4 is 10.6 Å². The molecule has 2 amide bonds. The minimum Gasteiger partial charge on any atom is -0.467 e. The van der Waals surface area contributed by atoms with Gasteiger partial charge in [-0.1, -0.05) is 27.7 Å². The first-order chi connectivity index (χ1) is 11.1. The normalized spacial score (nSPS) is 13.2. The summed E-state index contributed by atoms with van der Waals surface area (Å²) in [6, 6.07) is -1.52. The quantitative estimate of drug-likeness (QED) is 0.586. The molecule has 0 bridgehead atoms. The van der Waals surface area contributed by atoms with E-state index in [0.717, 1.165) is 0 Å². The minimum absolute atomic E-state index is 0.0992. The molecule has 0 aliphatic rings. The van der Waals surface area contributed by atoms with E-state index in [2.05, 4.69) is 20.1 Å². The zero-order chi connectivity index (χ0) is 18.9. The zero-order valence-corrected chi connectivity index (χ0v) is 15.2. The highest BCUT2D eigenvalue weighted by molar-refractivity contribution is 5.89. The number of hydrogen-bond acceptors (Lipinski definition) is 6. The van der Waals surface area contributed by atoms with Gasteiger partial charge in [0.05, 0.1) is 14.2 Å². The largest absolute Gasteiger partial charge is 0.467 e. The molecule has 0 radical (unpaired) electrons. The molecule has 0 saturated heterocycles. The Morgan fingerprint density at radius 2 is 1.00 bits per heavy atom. The average Bonchev–Trinajstić information content (AvgIpc) is 2.53. The third-order valence-electron chi connectivity index (χ3n) is 3.46. The summed E-state index contributed by atoms with van der Waals surface area (Å²) >= 11 is 0. The van der Waals surface area contributed by atoms with E-state index in [1.165, 1.54) is 14.2 Å². The molecule has 0 spiro atoms. The fraction of sp³-hybridized carbons (Fsp3) is 0.750. The molecule has 0 fully saturated rings. The molecule has 8 heteroatoms. The van der Waals surface area contributed by atoms with Crippen LogP contribution in [0.3, 0.4) is 0 Å². The highest BCUT2D eigenvalue weighted by Gasteiger charge is 2.27. The van der Waals surface area contributed by atoms with E-state index < -0.39 is 35.8 Å². The van der Waals surface area contributed by atoms with Crippen LogP contribution >= 0.6 is 0 Å². The molecule has 138 valence electrons. The summed E-state index contributed by atoms with van der Waals surface area (Å²) < 4.78 is 9.27. The van der Waals surface area contributed by atoms with Gasteiger partial charge in [-0.25, -0.2) is 9.59 Å². The topological polar surface area (TPSA) is 111 Å². The van der Waals surface area contributed by atoms with Crippen LogP contribution in [0.25, 0.3) is 0 Å². The van der Waals surface area contributed by atoms with E-state index in [1.54, 1.807) is 27.7 Å².